The molecule has 0 bridgehead atoms. The molecule has 2 atom stereocenters. The van der Waals surface area contributed by atoms with E-state index in [2.05, 4.69) is 17.4 Å². The van der Waals surface area contributed by atoms with Crippen molar-refractivity contribution >= 4 is 11.8 Å². The van der Waals surface area contributed by atoms with Crippen molar-refractivity contribution in [3.8, 4) is 0 Å². The number of piperidine rings is 1. The van der Waals surface area contributed by atoms with Gasteiger partial charge in [0.2, 0.25) is 5.91 Å². The number of likely N-dealkylation sites (tertiary alicyclic amines) is 1. The van der Waals surface area contributed by atoms with Crippen molar-refractivity contribution in [1.82, 2.24) is 14.8 Å². The Labute approximate surface area is 148 Å². The lowest BCUT2D eigenvalue weighted by Crippen LogP contribution is -2.57. The number of benzene rings is 1. The molecule has 3 rings (SSSR count). The van der Waals surface area contributed by atoms with Crippen LogP contribution in [0.3, 0.4) is 0 Å². The summed E-state index contributed by atoms with van der Waals surface area (Å²) in [5.41, 5.74) is 1.82. The molecule has 0 radical (unpaired) electrons. The second kappa shape index (κ2) is 7.55. The Balaban J connectivity index is 1.80. The van der Waals surface area contributed by atoms with E-state index < -0.39 is 0 Å². The highest BCUT2D eigenvalue weighted by Gasteiger charge is 2.34. The minimum Gasteiger partial charge on any atom is -0.347 e. The van der Waals surface area contributed by atoms with Crippen LogP contribution < -0.4 is 5.32 Å². The summed E-state index contributed by atoms with van der Waals surface area (Å²) in [6.45, 7) is 2.36. The van der Waals surface area contributed by atoms with E-state index in [9.17, 15) is 9.59 Å². The molecule has 0 spiro atoms. The molecule has 2 amide bonds. The van der Waals surface area contributed by atoms with Crippen molar-refractivity contribution in [3.63, 3.8) is 0 Å². The molecule has 1 N–H and O–H groups in total. The molecule has 132 valence electrons. The summed E-state index contributed by atoms with van der Waals surface area (Å²) in [6, 6.07) is 13.8. The zero-order chi connectivity index (χ0) is 17.8. The van der Waals surface area contributed by atoms with Crippen LogP contribution in [0, 0.1) is 0 Å². The smallest absolute Gasteiger partial charge is 0.268 e. The van der Waals surface area contributed by atoms with Crippen molar-refractivity contribution in [3.05, 3.63) is 59.9 Å². The van der Waals surface area contributed by atoms with Gasteiger partial charge in [0, 0.05) is 26.7 Å². The fourth-order valence-electron chi connectivity index (χ4n) is 3.66. The SMILES string of the molecule is CC(=O)N1CCC[C@H](NC(=O)c2cccn2C)[C@@H]1Cc1ccccc1. The number of hydrogen-bond acceptors (Lipinski definition) is 2. The molecule has 2 aromatic rings. The quantitative estimate of drug-likeness (QED) is 0.930. The van der Waals surface area contributed by atoms with Crippen LogP contribution in [0.4, 0.5) is 0 Å². The van der Waals surface area contributed by atoms with Crippen LogP contribution in [0.2, 0.25) is 0 Å². The number of hydrogen-bond donors (Lipinski definition) is 1. The molecule has 0 aliphatic carbocycles. The topological polar surface area (TPSA) is 54.3 Å². The minimum atomic E-state index is -0.0824. The summed E-state index contributed by atoms with van der Waals surface area (Å²) in [4.78, 5) is 26.7. The second-order valence-electron chi connectivity index (χ2n) is 6.70. The first-order valence-corrected chi connectivity index (χ1v) is 8.79. The number of nitrogens with zero attached hydrogens (tertiary/aromatic N) is 2. The highest BCUT2D eigenvalue weighted by atomic mass is 16.2. The van der Waals surface area contributed by atoms with Gasteiger partial charge in [0.05, 0.1) is 12.1 Å². The van der Waals surface area contributed by atoms with Crippen LogP contribution in [0.25, 0.3) is 0 Å². The van der Waals surface area contributed by atoms with E-state index in [1.54, 1.807) is 6.92 Å². The lowest BCUT2D eigenvalue weighted by atomic mass is 9.90. The van der Waals surface area contributed by atoms with Gasteiger partial charge in [-0.2, -0.15) is 0 Å². The third-order valence-electron chi connectivity index (χ3n) is 4.96. The van der Waals surface area contributed by atoms with Gasteiger partial charge in [-0.15, -0.1) is 0 Å². The van der Waals surface area contributed by atoms with Crippen LogP contribution in [0.1, 0.15) is 35.8 Å². The Morgan fingerprint density at radius 3 is 2.56 bits per heavy atom. The van der Waals surface area contributed by atoms with Gasteiger partial charge in [-0.25, -0.2) is 0 Å². The molecule has 1 aliphatic rings. The molecule has 5 heteroatoms. The van der Waals surface area contributed by atoms with Crippen LogP contribution in [-0.2, 0) is 18.3 Å². The van der Waals surface area contributed by atoms with Crippen molar-refractivity contribution in [2.75, 3.05) is 6.54 Å². The molecule has 1 aromatic carbocycles. The zero-order valence-electron chi connectivity index (χ0n) is 14.8. The van der Waals surface area contributed by atoms with Gasteiger partial charge < -0.3 is 14.8 Å². The number of aromatic nitrogens is 1. The number of aryl methyl sites for hydroxylation is 1. The number of nitrogens with one attached hydrogen (secondary N) is 1. The number of carbonyl (C=O) groups excluding carboxylic acids is 2. The summed E-state index contributed by atoms with van der Waals surface area (Å²) in [5, 5.41) is 3.16. The molecule has 25 heavy (non-hydrogen) atoms. The first-order valence-electron chi connectivity index (χ1n) is 8.79. The fraction of sp³-hybridized carbons (Fsp3) is 0.400. The van der Waals surface area contributed by atoms with Gasteiger partial charge in [-0.05, 0) is 37.0 Å². The van der Waals surface area contributed by atoms with Crippen LogP contribution in [-0.4, -0.2) is 39.9 Å². The minimum absolute atomic E-state index is 0.0159. The Morgan fingerprint density at radius 2 is 1.92 bits per heavy atom. The molecule has 1 aliphatic heterocycles. The van der Waals surface area contributed by atoms with Crippen molar-refractivity contribution in [2.24, 2.45) is 7.05 Å². The average Bonchev–Trinajstić information content (AvgIpc) is 3.03. The van der Waals surface area contributed by atoms with Crippen molar-refractivity contribution in [1.29, 1.82) is 0 Å². The highest BCUT2D eigenvalue weighted by Crippen LogP contribution is 2.22. The number of carbonyl (C=O) groups is 2. The van der Waals surface area contributed by atoms with E-state index in [-0.39, 0.29) is 23.9 Å². The molecule has 2 heterocycles. The van der Waals surface area contributed by atoms with E-state index in [1.807, 2.05) is 53.0 Å². The van der Waals surface area contributed by atoms with Crippen molar-refractivity contribution in [2.45, 2.75) is 38.3 Å². The first-order chi connectivity index (χ1) is 12.1. The van der Waals surface area contributed by atoms with Gasteiger partial charge in [0.25, 0.3) is 5.91 Å². The molecular weight excluding hydrogens is 314 g/mol. The molecule has 1 fully saturated rings. The zero-order valence-corrected chi connectivity index (χ0v) is 14.8. The first kappa shape index (κ1) is 17.3. The number of rotatable bonds is 4. The second-order valence-corrected chi connectivity index (χ2v) is 6.70. The van der Waals surface area contributed by atoms with Gasteiger partial charge in [-0.1, -0.05) is 30.3 Å². The normalized spacial score (nSPS) is 20.3. The largest absolute Gasteiger partial charge is 0.347 e. The summed E-state index contributed by atoms with van der Waals surface area (Å²) in [5.74, 6) is -0.0142. The molecule has 0 unspecified atom stereocenters. The van der Waals surface area contributed by atoms with E-state index in [1.165, 1.54) is 5.56 Å². The Morgan fingerprint density at radius 1 is 1.16 bits per heavy atom. The predicted octanol–water partition coefficient (Wildman–Crippen LogP) is 2.38. The maximum atomic E-state index is 12.6. The fourth-order valence-corrected chi connectivity index (χ4v) is 3.66. The Bertz CT molecular complexity index is 738. The third kappa shape index (κ3) is 3.92. The molecule has 0 saturated carbocycles. The summed E-state index contributed by atoms with van der Waals surface area (Å²) < 4.78 is 1.81. The number of amides is 2. The lowest BCUT2D eigenvalue weighted by molar-refractivity contribution is -0.133. The van der Waals surface area contributed by atoms with E-state index in [0.717, 1.165) is 25.8 Å². The van der Waals surface area contributed by atoms with Crippen LogP contribution in [0.5, 0.6) is 0 Å². The Hall–Kier alpha value is -2.56. The molecular formula is C20H25N3O2. The maximum absolute atomic E-state index is 12.6. The lowest BCUT2D eigenvalue weighted by Gasteiger charge is -2.41. The third-order valence-corrected chi connectivity index (χ3v) is 4.96. The van der Waals surface area contributed by atoms with E-state index >= 15 is 0 Å². The van der Waals surface area contributed by atoms with E-state index in [4.69, 9.17) is 0 Å². The van der Waals surface area contributed by atoms with Gasteiger partial charge >= 0.3 is 0 Å². The van der Waals surface area contributed by atoms with E-state index in [0.29, 0.717) is 5.69 Å². The summed E-state index contributed by atoms with van der Waals surface area (Å²) in [6.07, 6.45) is 4.40. The maximum Gasteiger partial charge on any atom is 0.268 e. The average molecular weight is 339 g/mol. The van der Waals surface area contributed by atoms with Crippen molar-refractivity contribution < 1.29 is 9.59 Å². The monoisotopic (exact) mass is 339 g/mol. The Kier molecular flexibility index (Phi) is 5.22. The standard InChI is InChI=1S/C20H25N3O2/c1-15(24)23-13-6-10-17(19(23)14-16-8-4-3-5-9-16)21-20(25)18-11-7-12-22(18)2/h3-5,7-9,11-12,17,19H,6,10,13-14H2,1-2H3,(H,21,25)/t17-,19-/m0/s1. The highest BCUT2D eigenvalue weighted by molar-refractivity contribution is 5.93. The molecule has 1 saturated heterocycles. The van der Waals surface area contributed by atoms with Crippen LogP contribution >= 0.6 is 0 Å². The van der Waals surface area contributed by atoms with Gasteiger partial charge in [-0.3, -0.25) is 9.59 Å². The summed E-state index contributed by atoms with van der Waals surface area (Å²) in [7, 11) is 1.86. The summed E-state index contributed by atoms with van der Waals surface area (Å²) >= 11 is 0. The van der Waals surface area contributed by atoms with Crippen LogP contribution in [0.15, 0.2) is 48.7 Å². The van der Waals surface area contributed by atoms with Gasteiger partial charge in [0.15, 0.2) is 0 Å². The predicted molar refractivity (Wildman–Crippen MR) is 97.2 cm³/mol. The van der Waals surface area contributed by atoms with Gasteiger partial charge in [0.1, 0.15) is 5.69 Å². The molecule has 1 aromatic heterocycles. The molecule has 5 nitrogen and oxygen atoms in total.